The van der Waals surface area contributed by atoms with Crippen molar-refractivity contribution in [3.05, 3.63) is 29.3 Å². The molecule has 0 radical (unpaired) electrons. The van der Waals surface area contributed by atoms with Gasteiger partial charge in [-0.25, -0.2) is 0 Å². The van der Waals surface area contributed by atoms with Crippen LogP contribution in [0.4, 0.5) is 0 Å². The summed E-state index contributed by atoms with van der Waals surface area (Å²) in [5, 5.41) is 0. The second-order valence-electron chi connectivity index (χ2n) is 8.18. The molecule has 25 heavy (non-hydrogen) atoms. The molecule has 1 fully saturated rings. The Bertz CT molecular complexity index is 658. The monoisotopic (exact) mass is 360 g/mol. The van der Waals surface area contributed by atoms with Crippen molar-refractivity contribution < 1.29 is 9.59 Å². The maximum atomic E-state index is 12.8. The van der Waals surface area contributed by atoms with E-state index in [9.17, 15) is 9.59 Å². The minimum absolute atomic E-state index is 0.00514. The van der Waals surface area contributed by atoms with Gasteiger partial charge in [0.15, 0.2) is 0 Å². The third-order valence-corrected chi connectivity index (χ3v) is 5.96. The van der Waals surface area contributed by atoms with Gasteiger partial charge in [0.25, 0.3) is 5.91 Å². The zero-order valence-electron chi connectivity index (χ0n) is 15.5. The van der Waals surface area contributed by atoms with Crippen LogP contribution in [0.25, 0.3) is 0 Å². The number of thioether (sulfide) groups is 1. The van der Waals surface area contributed by atoms with Crippen molar-refractivity contribution in [1.29, 1.82) is 0 Å². The van der Waals surface area contributed by atoms with E-state index in [0.29, 0.717) is 32.6 Å². The van der Waals surface area contributed by atoms with Crippen LogP contribution in [0.3, 0.4) is 0 Å². The topological polar surface area (TPSA) is 40.6 Å². The first kappa shape index (κ1) is 18.3. The Labute approximate surface area is 154 Å². The molecule has 0 saturated carbocycles. The quantitative estimate of drug-likeness (QED) is 0.811. The molecule has 136 valence electrons. The van der Waals surface area contributed by atoms with Crippen molar-refractivity contribution in [3.63, 3.8) is 0 Å². The molecular weight excluding hydrogens is 332 g/mol. The van der Waals surface area contributed by atoms with Gasteiger partial charge in [0.05, 0.1) is 0 Å². The van der Waals surface area contributed by atoms with E-state index >= 15 is 0 Å². The number of hydrogen-bond donors (Lipinski definition) is 0. The molecular formula is C20H28N2O2S. The maximum Gasteiger partial charge on any atom is 0.253 e. The van der Waals surface area contributed by atoms with Crippen LogP contribution in [-0.2, 0) is 11.2 Å². The fourth-order valence-electron chi connectivity index (χ4n) is 3.40. The molecule has 0 bridgehead atoms. The molecule has 3 rings (SSSR count). The lowest BCUT2D eigenvalue weighted by Crippen LogP contribution is -2.51. The molecule has 1 aromatic carbocycles. The predicted octanol–water partition coefficient (Wildman–Crippen LogP) is 3.45. The Morgan fingerprint density at radius 1 is 1.08 bits per heavy atom. The van der Waals surface area contributed by atoms with E-state index in [1.807, 2.05) is 27.6 Å². The number of fused-ring (bicyclic) bond motifs is 1. The van der Waals surface area contributed by atoms with Crippen molar-refractivity contribution in [1.82, 2.24) is 9.80 Å². The van der Waals surface area contributed by atoms with Crippen LogP contribution in [0.2, 0.25) is 0 Å². The SMILES string of the molecule is CC(C)(C)CC(=O)N1CCN(C(=O)c2ccc3c(c2)CCCS3)CC1. The van der Waals surface area contributed by atoms with Crippen molar-refractivity contribution in [2.75, 3.05) is 31.9 Å². The summed E-state index contributed by atoms with van der Waals surface area (Å²) in [6.45, 7) is 8.78. The zero-order valence-corrected chi connectivity index (χ0v) is 16.3. The molecule has 0 N–H and O–H groups in total. The average Bonchev–Trinajstić information content (AvgIpc) is 2.59. The first-order chi connectivity index (χ1) is 11.8. The van der Waals surface area contributed by atoms with Crippen LogP contribution in [0, 0.1) is 5.41 Å². The Hall–Kier alpha value is -1.49. The first-order valence-corrected chi connectivity index (χ1v) is 10.1. The molecule has 1 saturated heterocycles. The van der Waals surface area contributed by atoms with Crippen molar-refractivity contribution >= 4 is 23.6 Å². The number of amides is 2. The van der Waals surface area contributed by atoms with Gasteiger partial charge in [-0.15, -0.1) is 11.8 Å². The van der Waals surface area contributed by atoms with Crippen LogP contribution >= 0.6 is 11.8 Å². The van der Waals surface area contributed by atoms with Gasteiger partial charge in [-0.05, 0) is 47.8 Å². The van der Waals surface area contributed by atoms with E-state index in [0.717, 1.165) is 12.0 Å². The van der Waals surface area contributed by atoms with E-state index in [-0.39, 0.29) is 17.2 Å². The number of rotatable bonds is 2. The molecule has 0 aliphatic carbocycles. The van der Waals surface area contributed by atoms with E-state index < -0.39 is 0 Å². The summed E-state index contributed by atoms with van der Waals surface area (Å²) in [4.78, 5) is 30.3. The minimum Gasteiger partial charge on any atom is -0.339 e. The first-order valence-electron chi connectivity index (χ1n) is 9.16. The Morgan fingerprint density at radius 2 is 1.76 bits per heavy atom. The summed E-state index contributed by atoms with van der Waals surface area (Å²) < 4.78 is 0. The molecule has 1 aromatic rings. The Balaban J connectivity index is 1.59. The molecule has 0 unspecified atom stereocenters. The Kier molecular flexibility index (Phi) is 5.42. The van der Waals surface area contributed by atoms with Gasteiger partial charge in [0, 0.05) is 43.1 Å². The normalized spacial score (nSPS) is 18.0. The van der Waals surface area contributed by atoms with Crippen LogP contribution < -0.4 is 0 Å². The molecule has 5 heteroatoms. The minimum atomic E-state index is 0.00514. The largest absolute Gasteiger partial charge is 0.339 e. The number of benzene rings is 1. The van der Waals surface area contributed by atoms with Crippen molar-refractivity contribution in [3.8, 4) is 0 Å². The van der Waals surface area contributed by atoms with Crippen molar-refractivity contribution in [2.24, 2.45) is 5.41 Å². The highest BCUT2D eigenvalue weighted by molar-refractivity contribution is 7.99. The molecule has 2 amide bonds. The van der Waals surface area contributed by atoms with E-state index in [1.54, 1.807) is 0 Å². The van der Waals surface area contributed by atoms with Crippen LogP contribution in [0.1, 0.15) is 49.5 Å². The van der Waals surface area contributed by atoms with Gasteiger partial charge in [-0.3, -0.25) is 9.59 Å². The fourth-order valence-corrected chi connectivity index (χ4v) is 4.42. The van der Waals surface area contributed by atoms with Gasteiger partial charge in [-0.2, -0.15) is 0 Å². The highest BCUT2D eigenvalue weighted by Crippen LogP contribution is 2.30. The number of carbonyl (C=O) groups is 2. The highest BCUT2D eigenvalue weighted by Gasteiger charge is 2.27. The summed E-state index contributed by atoms with van der Waals surface area (Å²) in [5.74, 6) is 1.47. The van der Waals surface area contributed by atoms with E-state index in [2.05, 4.69) is 32.9 Å². The maximum absolute atomic E-state index is 12.8. The number of piperazine rings is 1. The summed E-state index contributed by atoms with van der Waals surface area (Å²) in [7, 11) is 0. The number of hydrogen-bond acceptors (Lipinski definition) is 3. The van der Waals surface area contributed by atoms with Crippen LogP contribution in [0.5, 0.6) is 0 Å². The average molecular weight is 361 g/mol. The van der Waals surface area contributed by atoms with Gasteiger partial charge in [0.1, 0.15) is 0 Å². The molecule has 0 aromatic heterocycles. The lowest BCUT2D eigenvalue weighted by atomic mass is 9.91. The number of aryl methyl sites for hydroxylation is 1. The molecule has 2 aliphatic heterocycles. The molecule has 0 atom stereocenters. The number of carbonyl (C=O) groups excluding carboxylic acids is 2. The fraction of sp³-hybridized carbons (Fsp3) is 0.600. The third-order valence-electron chi connectivity index (χ3n) is 4.76. The lowest BCUT2D eigenvalue weighted by Gasteiger charge is -2.36. The summed E-state index contributed by atoms with van der Waals surface area (Å²) in [5.41, 5.74) is 2.10. The second kappa shape index (κ2) is 7.40. The van der Waals surface area contributed by atoms with E-state index in [1.165, 1.54) is 22.6 Å². The Morgan fingerprint density at radius 3 is 2.44 bits per heavy atom. The molecule has 2 heterocycles. The third kappa shape index (κ3) is 4.57. The predicted molar refractivity (Wildman–Crippen MR) is 102 cm³/mol. The van der Waals surface area contributed by atoms with Gasteiger partial charge in [-0.1, -0.05) is 20.8 Å². The molecule has 0 spiro atoms. The summed E-state index contributed by atoms with van der Waals surface area (Å²) in [6.07, 6.45) is 2.81. The summed E-state index contributed by atoms with van der Waals surface area (Å²) >= 11 is 1.88. The molecule has 2 aliphatic rings. The zero-order chi connectivity index (χ0) is 18.0. The summed E-state index contributed by atoms with van der Waals surface area (Å²) in [6, 6.07) is 6.12. The van der Waals surface area contributed by atoms with Crippen molar-refractivity contribution in [2.45, 2.75) is 44.9 Å². The highest BCUT2D eigenvalue weighted by atomic mass is 32.2. The smallest absolute Gasteiger partial charge is 0.253 e. The van der Waals surface area contributed by atoms with Crippen LogP contribution in [-0.4, -0.2) is 53.5 Å². The standard InChI is InChI=1S/C20H28N2O2S/c1-20(2,3)14-18(23)21-8-10-22(11-9-21)19(24)16-6-7-17-15(13-16)5-4-12-25-17/h6-7,13H,4-5,8-12,14H2,1-3H3. The van der Waals surface area contributed by atoms with Gasteiger partial charge in [0.2, 0.25) is 5.91 Å². The van der Waals surface area contributed by atoms with E-state index in [4.69, 9.17) is 0 Å². The van der Waals surface area contributed by atoms with Crippen LogP contribution in [0.15, 0.2) is 23.1 Å². The lowest BCUT2D eigenvalue weighted by molar-refractivity contribution is -0.134. The number of nitrogens with zero attached hydrogens (tertiary/aromatic N) is 2. The second-order valence-corrected chi connectivity index (χ2v) is 9.32. The molecule has 4 nitrogen and oxygen atoms in total. The van der Waals surface area contributed by atoms with Gasteiger partial charge < -0.3 is 9.80 Å². The van der Waals surface area contributed by atoms with Gasteiger partial charge >= 0.3 is 0 Å².